The van der Waals surface area contributed by atoms with E-state index in [1.807, 2.05) is 10.9 Å². The zero-order chi connectivity index (χ0) is 8.97. The molecule has 1 heterocycles. The number of nitrogens with zero attached hydrogens (tertiary/aromatic N) is 2. The highest BCUT2D eigenvalue weighted by molar-refractivity contribution is 4.99. The molecule has 1 aromatic rings. The Morgan fingerprint density at radius 3 is 2.92 bits per heavy atom. The second-order valence-corrected chi connectivity index (χ2v) is 3.20. The highest BCUT2D eigenvalue weighted by Crippen LogP contribution is 1.95. The van der Waals surface area contributed by atoms with Gasteiger partial charge in [0, 0.05) is 12.2 Å². The van der Waals surface area contributed by atoms with Gasteiger partial charge in [-0.25, -0.2) is 0 Å². The Kier molecular flexibility index (Phi) is 3.29. The van der Waals surface area contributed by atoms with E-state index in [1.54, 1.807) is 0 Å². The molecule has 1 unspecified atom stereocenters. The standard InChI is InChI=1S/C9H17N3/c1-4-10-9(3)7-12-6-8(2)5-11-12/h5-6,9-10H,4,7H2,1-3H3. The van der Waals surface area contributed by atoms with E-state index in [9.17, 15) is 0 Å². The van der Waals surface area contributed by atoms with Crippen molar-refractivity contribution in [2.45, 2.75) is 33.4 Å². The van der Waals surface area contributed by atoms with Crippen molar-refractivity contribution in [2.75, 3.05) is 6.54 Å². The fourth-order valence-corrected chi connectivity index (χ4v) is 1.26. The first-order valence-corrected chi connectivity index (χ1v) is 4.44. The molecule has 1 atom stereocenters. The Labute approximate surface area is 73.8 Å². The largest absolute Gasteiger partial charge is 0.313 e. The molecule has 0 aliphatic carbocycles. The maximum atomic E-state index is 4.21. The van der Waals surface area contributed by atoms with Crippen LogP contribution in [0.1, 0.15) is 19.4 Å². The average Bonchev–Trinajstić information content (AvgIpc) is 2.36. The first kappa shape index (κ1) is 9.26. The van der Waals surface area contributed by atoms with Gasteiger partial charge in [0.25, 0.3) is 0 Å². The molecule has 1 rings (SSSR count). The van der Waals surface area contributed by atoms with Crippen molar-refractivity contribution in [3.63, 3.8) is 0 Å². The van der Waals surface area contributed by atoms with Gasteiger partial charge in [-0.1, -0.05) is 6.92 Å². The zero-order valence-electron chi connectivity index (χ0n) is 8.04. The smallest absolute Gasteiger partial charge is 0.0560 e. The quantitative estimate of drug-likeness (QED) is 0.730. The van der Waals surface area contributed by atoms with Crippen LogP contribution in [-0.2, 0) is 6.54 Å². The number of hydrogen-bond acceptors (Lipinski definition) is 2. The number of aryl methyl sites for hydroxylation is 1. The van der Waals surface area contributed by atoms with Crippen molar-refractivity contribution in [3.05, 3.63) is 18.0 Å². The van der Waals surface area contributed by atoms with Crippen LogP contribution in [0.2, 0.25) is 0 Å². The number of likely N-dealkylation sites (N-methyl/N-ethyl adjacent to an activating group) is 1. The molecule has 3 heteroatoms. The lowest BCUT2D eigenvalue weighted by Crippen LogP contribution is -2.30. The van der Waals surface area contributed by atoms with Crippen LogP contribution in [-0.4, -0.2) is 22.4 Å². The lowest BCUT2D eigenvalue weighted by Gasteiger charge is -2.11. The molecule has 12 heavy (non-hydrogen) atoms. The summed E-state index contributed by atoms with van der Waals surface area (Å²) in [5, 5.41) is 7.56. The molecule has 1 N–H and O–H groups in total. The van der Waals surface area contributed by atoms with Crippen LogP contribution in [0.4, 0.5) is 0 Å². The molecule has 0 bridgehead atoms. The first-order chi connectivity index (χ1) is 5.72. The average molecular weight is 167 g/mol. The molecule has 0 saturated carbocycles. The molecular formula is C9H17N3. The van der Waals surface area contributed by atoms with Crippen molar-refractivity contribution in [1.29, 1.82) is 0 Å². The van der Waals surface area contributed by atoms with Gasteiger partial charge >= 0.3 is 0 Å². The molecule has 1 aromatic heterocycles. The highest BCUT2D eigenvalue weighted by Gasteiger charge is 2.00. The fourth-order valence-electron chi connectivity index (χ4n) is 1.26. The fraction of sp³-hybridized carbons (Fsp3) is 0.667. The Balaban J connectivity index is 2.41. The summed E-state index contributed by atoms with van der Waals surface area (Å²) in [6.45, 7) is 8.30. The van der Waals surface area contributed by atoms with Crippen LogP contribution in [0, 0.1) is 6.92 Å². The van der Waals surface area contributed by atoms with Gasteiger partial charge in [-0.15, -0.1) is 0 Å². The summed E-state index contributed by atoms with van der Waals surface area (Å²) in [5.41, 5.74) is 1.22. The van der Waals surface area contributed by atoms with Gasteiger partial charge in [-0.3, -0.25) is 4.68 Å². The third kappa shape index (κ3) is 2.66. The molecule has 0 fully saturated rings. The Hall–Kier alpha value is -0.830. The zero-order valence-corrected chi connectivity index (χ0v) is 8.04. The van der Waals surface area contributed by atoms with E-state index < -0.39 is 0 Å². The summed E-state index contributed by atoms with van der Waals surface area (Å²) in [7, 11) is 0. The van der Waals surface area contributed by atoms with Gasteiger partial charge in [0.05, 0.1) is 12.7 Å². The molecule has 3 nitrogen and oxygen atoms in total. The number of nitrogens with one attached hydrogen (secondary N) is 1. The molecule has 0 aliphatic rings. The summed E-state index contributed by atoms with van der Waals surface area (Å²) < 4.78 is 1.97. The van der Waals surface area contributed by atoms with Crippen LogP contribution in [0.15, 0.2) is 12.4 Å². The lowest BCUT2D eigenvalue weighted by molar-refractivity contribution is 0.461. The van der Waals surface area contributed by atoms with E-state index in [1.165, 1.54) is 5.56 Å². The van der Waals surface area contributed by atoms with Crippen molar-refractivity contribution in [2.24, 2.45) is 0 Å². The first-order valence-electron chi connectivity index (χ1n) is 4.44. The molecule has 0 saturated heterocycles. The molecule has 0 radical (unpaired) electrons. The molecular weight excluding hydrogens is 150 g/mol. The molecule has 0 spiro atoms. The van der Waals surface area contributed by atoms with Crippen LogP contribution in [0.3, 0.4) is 0 Å². The minimum absolute atomic E-state index is 0.495. The van der Waals surface area contributed by atoms with Gasteiger partial charge in [-0.05, 0) is 26.0 Å². The van der Waals surface area contributed by atoms with Crippen molar-refractivity contribution in [1.82, 2.24) is 15.1 Å². The number of aromatic nitrogens is 2. The monoisotopic (exact) mass is 167 g/mol. The van der Waals surface area contributed by atoms with E-state index in [0.717, 1.165) is 13.1 Å². The predicted molar refractivity (Wildman–Crippen MR) is 50.1 cm³/mol. The van der Waals surface area contributed by atoms with E-state index in [2.05, 4.69) is 37.4 Å². The third-order valence-corrected chi connectivity index (χ3v) is 1.78. The Morgan fingerprint density at radius 1 is 1.67 bits per heavy atom. The van der Waals surface area contributed by atoms with Gasteiger partial charge in [-0.2, -0.15) is 5.10 Å². The normalized spacial score (nSPS) is 13.2. The minimum atomic E-state index is 0.495. The highest BCUT2D eigenvalue weighted by atomic mass is 15.3. The summed E-state index contributed by atoms with van der Waals surface area (Å²) in [4.78, 5) is 0. The van der Waals surface area contributed by atoms with E-state index in [4.69, 9.17) is 0 Å². The summed E-state index contributed by atoms with van der Waals surface area (Å²) in [6, 6.07) is 0.495. The minimum Gasteiger partial charge on any atom is -0.313 e. The van der Waals surface area contributed by atoms with Crippen LogP contribution in [0.5, 0.6) is 0 Å². The summed E-state index contributed by atoms with van der Waals surface area (Å²) in [5.74, 6) is 0. The van der Waals surface area contributed by atoms with Crippen molar-refractivity contribution < 1.29 is 0 Å². The van der Waals surface area contributed by atoms with Gasteiger partial charge in [0.2, 0.25) is 0 Å². The molecule has 0 aliphatic heterocycles. The van der Waals surface area contributed by atoms with E-state index in [0.29, 0.717) is 6.04 Å². The van der Waals surface area contributed by atoms with Gasteiger partial charge in [0.15, 0.2) is 0 Å². The maximum Gasteiger partial charge on any atom is 0.0560 e. The number of hydrogen-bond donors (Lipinski definition) is 1. The predicted octanol–water partition coefficient (Wildman–Crippen LogP) is 1.19. The molecule has 68 valence electrons. The van der Waals surface area contributed by atoms with Crippen LogP contribution >= 0.6 is 0 Å². The van der Waals surface area contributed by atoms with Gasteiger partial charge < -0.3 is 5.32 Å². The summed E-state index contributed by atoms with van der Waals surface area (Å²) >= 11 is 0. The van der Waals surface area contributed by atoms with Gasteiger partial charge in [0.1, 0.15) is 0 Å². The second kappa shape index (κ2) is 4.26. The molecule has 0 aromatic carbocycles. The topological polar surface area (TPSA) is 29.9 Å². The Morgan fingerprint density at radius 2 is 2.42 bits per heavy atom. The SMILES string of the molecule is CCNC(C)Cn1cc(C)cn1. The third-order valence-electron chi connectivity index (χ3n) is 1.78. The Bertz CT molecular complexity index is 229. The maximum absolute atomic E-state index is 4.21. The van der Waals surface area contributed by atoms with E-state index in [-0.39, 0.29) is 0 Å². The van der Waals surface area contributed by atoms with Crippen LogP contribution < -0.4 is 5.32 Å². The second-order valence-electron chi connectivity index (χ2n) is 3.20. The van der Waals surface area contributed by atoms with Crippen molar-refractivity contribution in [3.8, 4) is 0 Å². The van der Waals surface area contributed by atoms with Crippen LogP contribution in [0.25, 0.3) is 0 Å². The number of rotatable bonds is 4. The lowest BCUT2D eigenvalue weighted by atomic mass is 10.3. The van der Waals surface area contributed by atoms with Crippen molar-refractivity contribution >= 4 is 0 Å². The van der Waals surface area contributed by atoms with E-state index >= 15 is 0 Å². The molecule has 0 amide bonds. The summed E-state index contributed by atoms with van der Waals surface area (Å²) in [6.07, 6.45) is 3.95.